The molecule has 1 aromatic heterocycles. The third-order valence-electron chi connectivity index (χ3n) is 4.73. The number of nitrogens with one attached hydrogen (secondary N) is 2. The molecule has 0 aromatic carbocycles. The lowest BCUT2D eigenvalue weighted by Crippen LogP contribution is -2.39. The summed E-state index contributed by atoms with van der Waals surface area (Å²) in [5.74, 6) is 0.943. The highest BCUT2D eigenvalue weighted by Gasteiger charge is 2.31. The van der Waals surface area contributed by atoms with Crippen molar-refractivity contribution in [3.05, 3.63) is 30.1 Å². The molecule has 1 fully saturated rings. The van der Waals surface area contributed by atoms with Gasteiger partial charge in [0.1, 0.15) is 0 Å². The zero-order valence-electron chi connectivity index (χ0n) is 14.1. The van der Waals surface area contributed by atoms with Gasteiger partial charge in [-0.3, -0.25) is 9.98 Å². The Morgan fingerprint density at radius 2 is 2.05 bits per heavy atom. The average Bonchev–Trinajstić information content (AvgIpc) is 3.03. The fourth-order valence-corrected chi connectivity index (χ4v) is 3.19. The molecule has 0 atom stereocenters. The lowest BCUT2D eigenvalue weighted by Gasteiger charge is -2.25. The van der Waals surface area contributed by atoms with Gasteiger partial charge in [-0.15, -0.1) is 0 Å². The van der Waals surface area contributed by atoms with Crippen LogP contribution in [0.2, 0.25) is 0 Å². The van der Waals surface area contributed by atoms with E-state index in [0.29, 0.717) is 5.41 Å². The minimum atomic E-state index is 0.448. The molecule has 0 aliphatic heterocycles. The minimum Gasteiger partial charge on any atom is -0.357 e. The molecule has 1 saturated carbocycles. The number of rotatable bonds is 7. The molecule has 0 unspecified atom stereocenters. The van der Waals surface area contributed by atoms with Crippen molar-refractivity contribution in [1.82, 2.24) is 15.6 Å². The Morgan fingerprint density at radius 1 is 1.23 bits per heavy atom. The van der Waals surface area contributed by atoms with Gasteiger partial charge in [-0.05, 0) is 43.7 Å². The number of guanidine groups is 1. The molecule has 4 heteroatoms. The van der Waals surface area contributed by atoms with Crippen molar-refractivity contribution in [3.63, 3.8) is 0 Å². The molecule has 1 aliphatic carbocycles. The highest BCUT2D eigenvalue weighted by atomic mass is 15.2. The van der Waals surface area contributed by atoms with Crippen LogP contribution >= 0.6 is 0 Å². The van der Waals surface area contributed by atoms with Crippen LogP contribution in [0.4, 0.5) is 0 Å². The molecule has 1 aliphatic rings. The second-order valence-electron chi connectivity index (χ2n) is 6.25. The number of pyridine rings is 1. The molecule has 1 heterocycles. The van der Waals surface area contributed by atoms with Crippen molar-refractivity contribution in [2.75, 3.05) is 19.6 Å². The molecule has 0 spiro atoms. The summed E-state index contributed by atoms with van der Waals surface area (Å²) < 4.78 is 0. The summed E-state index contributed by atoms with van der Waals surface area (Å²) in [7, 11) is 0. The summed E-state index contributed by atoms with van der Waals surface area (Å²) in [5.41, 5.74) is 1.57. The maximum absolute atomic E-state index is 4.84. The van der Waals surface area contributed by atoms with Crippen molar-refractivity contribution >= 4 is 5.96 Å². The number of nitrogens with zero attached hydrogens (tertiary/aromatic N) is 2. The third kappa shape index (κ3) is 5.00. The molecule has 0 bridgehead atoms. The van der Waals surface area contributed by atoms with Crippen LogP contribution in [0.1, 0.15) is 51.6 Å². The summed E-state index contributed by atoms with van der Waals surface area (Å²) in [6.07, 6.45) is 9.41. The van der Waals surface area contributed by atoms with Gasteiger partial charge in [-0.25, -0.2) is 0 Å². The first kappa shape index (κ1) is 16.8. The largest absolute Gasteiger partial charge is 0.357 e. The summed E-state index contributed by atoms with van der Waals surface area (Å²) in [5, 5.41) is 6.79. The van der Waals surface area contributed by atoms with Gasteiger partial charge >= 0.3 is 0 Å². The Morgan fingerprint density at radius 3 is 2.68 bits per heavy atom. The van der Waals surface area contributed by atoms with Gasteiger partial charge in [0.2, 0.25) is 0 Å². The van der Waals surface area contributed by atoms with E-state index < -0.39 is 0 Å². The first-order valence-electron chi connectivity index (χ1n) is 8.70. The maximum atomic E-state index is 4.84. The number of hydrogen-bond donors (Lipinski definition) is 2. The van der Waals surface area contributed by atoms with E-state index in [1.807, 2.05) is 18.3 Å². The van der Waals surface area contributed by atoms with E-state index in [2.05, 4.69) is 35.5 Å². The molecule has 2 rings (SSSR count). The van der Waals surface area contributed by atoms with Gasteiger partial charge in [0.05, 0.1) is 0 Å². The quantitative estimate of drug-likeness (QED) is 0.601. The Hall–Kier alpha value is -1.58. The van der Waals surface area contributed by atoms with Gasteiger partial charge in [0.15, 0.2) is 5.96 Å². The minimum absolute atomic E-state index is 0.448. The molecule has 122 valence electrons. The smallest absolute Gasteiger partial charge is 0.191 e. The van der Waals surface area contributed by atoms with Crippen LogP contribution < -0.4 is 10.6 Å². The van der Waals surface area contributed by atoms with Crippen LogP contribution in [0, 0.1) is 5.41 Å². The Kier molecular flexibility index (Phi) is 6.69. The molecule has 2 N–H and O–H groups in total. The summed E-state index contributed by atoms with van der Waals surface area (Å²) in [6.45, 7) is 7.13. The molecule has 4 nitrogen and oxygen atoms in total. The summed E-state index contributed by atoms with van der Waals surface area (Å²) in [6, 6.07) is 6.05. The van der Waals surface area contributed by atoms with E-state index in [9.17, 15) is 0 Å². The van der Waals surface area contributed by atoms with Crippen molar-refractivity contribution in [2.24, 2.45) is 10.4 Å². The third-order valence-corrected chi connectivity index (χ3v) is 4.73. The van der Waals surface area contributed by atoms with Crippen molar-refractivity contribution in [2.45, 2.75) is 52.4 Å². The zero-order valence-corrected chi connectivity index (χ0v) is 14.1. The van der Waals surface area contributed by atoms with Crippen LogP contribution in [0.15, 0.2) is 29.4 Å². The zero-order chi connectivity index (χ0) is 15.7. The molecule has 0 saturated heterocycles. The first-order valence-corrected chi connectivity index (χ1v) is 8.70. The highest BCUT2D eigenvalue weighted by molar-refractivity contribution is 5.79. The van der Waals surface area contributed by atoms with Crippen LogP contribution in [0.25, 0.3) is 0 Å². The van der Waals surface area contributed by atoms with Gasteiger partial charge in [0.25, 0.3) is 0 Å². The first-order chi connectivity index (χ1) is 10.8. The van der Waals surface area contributed by atoms with E-state index >= 15 is 0 Å². The highest BCUT2D eigenvalue weighted by Crippen LogP contribution is 2.41. The Bertz CT molecular complexity index is 449. The summed E-state index contributed by atoms with van der Waals surface area (Å²) in [4.78, 5) is 9.20. The Balaban J connectivity index is 1.84. The van der Waals surface area contributed by atoms with E-state index in [-0.39, 0.29) is 0 Å². The molecular weight excluding hydrogens is 272 g/mol. The van der Waals surface area contributed by atoms with Crippen LogP contribution in [0.3, 0.4) is 0 Å². The maximum Gasteiger partial charge on any atom is 0.191 e. The second kappa shape index (κ2) is 8.76. The predicted octanol–water partition coefficient (Wildman–Crippen LogP) is 3.15. The average molecular weight is 302 g/mol. The lowest BCUT2D eigenvalue weighted by atomic mass is 9.84. The number of hydrogen-bond acceptors (Lipinski definition) is 2. The van der Waals surface area contributed by atoms with Gasteiger partial charge in [0, 0.05) is 37.9 Å². The van der Waals surface area contributed by atoms with Gasteiger partial charge in [-0.2, -0.15) is 0 Å². The van der Waals surface area contributed by atoms with E-state index in [1.54, 1.807) is 0 Å². The van der Waals surface area contributed by atoms with Crippen molar-refractivity contribution in [3.8, 4) is 0 Å². The van der Waals surface area contributed by atoms with Gasteiger partial charge < -0.3 is 10.6 Å². The predicted molar refractivity (Wildman–Crippen MR) is 93.1 cm³/mol. The van der Waals surface area contributed by atoms with E-state index in [4.69, 9.17) is 4.99 Å². The fourth-order valence-electron chi connectivity index (χ4n) is 3.19. The topological polar surface area (TPSA) is 49.3 Å². The standard InChI is InChI=1S/C18H30N4/c1-3-18(11-6-7-12-18)15-22-17(19-4-2)21-14-10-16-9-5-8-13-20-16/h5,8-9,13H,3-4,6-7,10-12,14-15H2,1-2H3,(H2,19,21,22). The van der Waals surface area contributed by atoms with E-state index in [1.165, 1.54) is 32.1 Å². The van der Waals surface area contributed by atoms with Crippen LogP contribution in [-0.2, 0) is 6.42 Å². The summed E-state index contributed by atoms with van der Waals surface area (Å²) >= 11 is 0. The van der Waals surface area contributed by atoms with E-state index in [0.717, 1.165) is 37.7 Å². The molecule has 22 heavy (non-hydrogen) atoms. The van der Waals surface area contributed by atoms with Crippen molar-refractivity contribution in [1.29, 1.82) is 0 Å². The number of aliphatic imine (C=N–C) groups is 1. The van der Waals surface area contributed by atoms with Crippen LogP contribution in [-0.4, -0.2) is 30.6 Å². The lowest BCUT2D eigenvalue weighted by molar-refractivity contribution is 0.297. The van der Waals surface area contributed by atoms with Crippen molar-refractivity contribution < 1.29 is 0 Å². The van der Waals surface area contributed by atoms with Crippen LogP contribution in [0.5, 0.6) is 0 Å². The number of aromatic nitrogens is 1. The fraction of sp³-hybridized carbons (Fsp3) is 0.667. The molecular formula is C18H30N4. The SMILES string of the molecule is CCNC(=NCC1(CC)CCCC1)NCCc1ccccn1. The Labute approximate surface area is 134 Å². The van der Waals surface area contributed by atoms with Gasteiger partial charge in [-0.1, -0.05) is 25.8 Å². The molecule has 0 amide bonds. The molecule has 0 radical (unpaired) electrons. The second-order valence-corrected chi connectivity index (χ2v) is 6.25. The normalized spacial score (nSPS) is 17.5. The monoisotopic (exact) mass is 302 g/mol. The molecule has 1 aromatic rings.